The number of allylic oxidation sites excluding steroid dienone is 1. The van der Waals surface area contributed by atoms with Crippen LogP contribution in [0.4, 0.5) is 0 Å². The Bertz CT molecular complexity index is 1160. The lowest BCUT2D eigenvalue weighted by Crippen LogP contribution is -2.16. The third-order valence-electron chi connectivity index (χ3n) is 4.20. The average Bonchev–Trinajstić information content (AvgIpc) is 2.76. The molecule has 0 spiro atoms. The molecule has 0 aliphatic heterocycles. The van der Waals surface area contributed by atoms with Gasteiger partial charge in [-0.1, -0.05) is 37.3 Å². The molecule has 0 radical (unpaired) electrons. The molecule has 0 aliphatic rings. The number of ether oxygens (including phenoxy) is 3. The summed E-state index contributed by atoms with van der Waals surface area (Å²) in [5.74, 6) is -1.64. The van der Waals surface area contributed by atoms with Gasteiger partial charge in [-0.3, -0.25) is 4.79 Å². The third-order valence-corrected chi connectivity index (χ3v) is 4.20. The number of fused-ring (bicyclic) bond motifs is 1. The van der Waals surface area contributed by atoms with Crippen LogP contribution in [0.15, 0.2) is 69.9 Å². The Morgan fingerprint density at radius 2 is 1.77 bits per heavy atom. The first-order chi connectivity index (χ1) is 15.0. The van der Waals surface area contributed by atoms with Crippen LogP contribution in [0.3, 0.4) is 0 Å². The van der Waals surface area contributed by atoms with Gasteiger partial charge in [0.1, 0.15) is 11.3 Å². The van der Waals surface area contributed by atoms with Crippen molar-refractivity contribution >= 4 is 22.9 Å². The van der Waals surface area contributed by atoms with E-state index in [4.69, 9.17) is 18.6 Å². The SMILES string of the molecule is CC/C=C/CCOc1ccc2c(OC(=O)c3ccccc3)c(OC(C)=O)c(=O)oc2c1. The van der Waals surface area contributed by atoms with Crippen molar-refractivity contribution in [2.24, 2.45) is 0 Å². The van der Waals surface area contributed by atoms with Crippen LogP contribution in [0.2, 0.25) is 0 Å². The Labute approximate surface area is 178 Å². The summed E-state index contributed by atoms with van der Waals surface area (Å²) in [6.07, 6.45) is 5.76. The first-order valence-corrected chi connectivity index (χ1v) is 9.84. The monoisotopic (exact) mass is 422 g/mol. The average molecular weight is 422 g/mol. The van der Waals surface area contributed by atoms with Crippen molar-refractivity contribution in [2.45, 2.75) is 26.7 Å². The van der Waals surface area contributed by atoms with Crippen LogP contribution >= 0.6 is 0 Å². The maximum Gasteiger partial charge on any atom is 0.383 e. The molecule has 0 bridgehead atoms. The molecule has 0 aliphatic carbocycles. The molecule has 2 aromatic carbocycles. The molecule has 160 valence electrons. The zero-order valence-corrected chi connectivity index (χ0v) is 17.3. The molecule has 3 aromatic rings. The molecule has 0 saturated heterocycles. The number of rotatable bonds is 8. The maximum absolute atomic E-state index is 12.6. The number of esters is 2. The normalized spacial score (nSPS) is 10.9. The van der Waals surface area contributed by atoms with E-state index in [1.165, 1.54) is 6.07 Å². The first-order valence-electron chi connectivity index (χ1n) is 9.84. The van der Waals surface area contributed by atoms with Gasteiger partial charge in [-0.25, -0.2) is 9.59 Å². The van der Waals surface area contributed by atoms with Gasteiger partial charge in [0.25, 0.3) is 5.75 Å². The minimum Gasteiger partial charge on any atom is -0.493 e. The largest absolute Gasteiger partial charge is 0.493 e. The quantitative estimate of drug-likeness (QED) is 0.225. The van der Waals surface area contributed by atoms with E-state index in [0.29, 0.717) is 17.7 Å². The molecular weight excluding hydrogens is 400 g/mol. The summed E-state index contributed by atoms with van der Waals surface area (Å²) >= 11 is 0. The zero-order valence-electron chi connectivity index (χ0n) is 17.3. The number of hydrogen-bond donors (Lipinski definition) is 0. The maximum atomic E-state index is 12.6. The summed E-state index contributed by atoms with van der Waals surface area (Å²) in [5, 5.41) is 0.290. The first kappa shape index (κ1) is 21.8. The summed E-state index contributed by atoms with van der Waals surface area (Å²) < 4.78 is 21.4. The van der Waals surface area contributed by atoms with Crippen LogP contribution in [0.5, 0.6) is 17.2 Å². The van der Waals surface area contributed by atoms with E-state index in [0.717, 1.165) is 19.8 Å². The number of hydrogen-bond acceptors (Lipinski definition) is 7. The summed E-state index contributed by atoms with van der Waals surface area (Å²) in [5.41, 5.74) is -0.530. The Hall–Kier alpha value is -3.87. The second-order valence-electron chi connectivity index (χ2n) is 6.57. The summed E-state index contributed by atoms with van der Waals surface area (Å²) in [6, 6.07) is 13.0. The van der Waals surface area contributed by atoms with Gasteiger partial charge < -0.3 is 18.6 Å². The van der Waals surface area contributed by atoms with Gasteiger partial charge >= 0.3 is 17.6 Å². The standard InChI is InChI=1S/C24H22O7/c1-3-4-5-9-14-28-18-12-13-19-20(15-18)30-24(27)22(29-16(2)25)21(19)31-23(26)17-10-7-6-8-11-17/h4-8,10-13,15H,3,9,14H2,1-2H3/b5-4+. The molecule has 7 heteroatoms. The Balaban J connectivity index is 1.98. The van der Waals surface area contributed by atoms with Gasteiger partial charge in [0.05, 0.1) is 17.6 Å². The molecule has 1 aromatic heterocycles. The van der Waals surface area contributed by atoms with Crippen LogP contribution in [-0.2, 0) is 4.79 Å². The molecule has 0 saturated carbocycles. The van der Waals surface area contributed by atoms with Gasteiger partial charge in [0.15, 0.2) is 5.75 Å². The second-order valence-corrected chi connectivity index (χ2v) is 6.57. The van der Waals surface area contributed by atoms with Gasteiger partial charge in [-0.05, 0) is 37.1 Å². The van der Waals surface area contributed by atoms with Crippen molar-refractivity contribution in [3.8, 4) is 17.2 Å². The Kier molecular flexibility index (Phi) is 7.22. The topological polar surface area (TPSA) is 92.0 Å². The molecule has 3 rings (SSSR count). The van der Waals surface area contributed by atoms with Crippen LogP contribution < -0.4 is 19.8 Å². The zero-order chi connectivity index (χ0) is 22.2. The number of carbonyl (C=O) groups is 2. The Morgan fingerprint density at radius 1 is 1.00 bits per heavy atom. The summed E-state index contributed by atoms with van der Waals surface area (Å²) in [6.45, 7) is 3.64. The van der Waals surface area contributed by atoms with Gasteiger partial charge in [0.2, 0.25) is 0 Å². The highest BCUT2D eigenvalue weighted by molar-refractivity contribution is 5.95. The lowest BCUT2D eigenvalue weighted by molar-refractivity contribution is -0.132. The smallest absolute Gasteiger partial charge is 0.383 e. The molecule has 1 heterocycles. The third kappa shape index (κ3) is 5.60. The fourth-order valence-electron chi connectivity index (χ4n) is 2.81. The van der Waals surface area contributed by atoms with E-state index in [1.54, 1.807) is 42.5 Å². The van der Waals surface area contributed by atoms with Gasteiger partial charge in [-0.2, -0.15) is 0 Å². The molecule has 0 fully saturated rings. The van der Waals surface area contributed by atoms with Crippen molar-refractivity contribution in [2.75, 3.05) is 6.61 Å². The Morgan fingerprint density at radius 3 is 2.48 bits per heavy atom. The summed E-state index contributed by atoms with van der Waals surface area (Å²) in [7, 11) is 0. The van der Waals surface area contributed by atoms with Crippen molar-refractivity contribution in [3.63, 3.8) is 0 Å². The van der Waals surface area contributed by atoms with E-state index < -0.39 is 23.3 Å². The van der Waals surface area contributed by atoms with Crippen LogP contribution in [0.1, 0.15) is 37.0 Å². The highest BCUT2D eigenvalue weighted by Gasteiger charge is 2.23. The van der Waals surface area contributed by atoms with Crippen molar-refractivity contribution in [3.05, 3.63) is 76.7 Å². The van der Waals surface area contributed by atoms with E-state index in [2.05, 4.69) is 6.92 Å². The number of carbonyl (C=O) groups excluding carboxylic acids is 2. The van der Waals surface area contributed by atoms with Gasteiger partial charge in [0, 0.05) is 13.0 Å². The highest BCUT2D eigenvalue weighted by atomic mass is 16.6. The number of benzene rings is 2. The second kappa shape index (κ2) is 10.2. The van der Waals surface area contributed by atoms with Crippen LogP contribution in [0, 0.1) is 0 Å². The molecule has 0 unspecified atom stereocenters. The van der Waals surface area contributed by atoms with E-state index in [1.807, 2.05) is 12.2 Å². The van der Waals surface area contributed by atoms with Crippen molar-refractivity contribution in [1.29, 1.82) is 0 Å². The van der Waals surface area contributed by atoms with E-state index in [-0.39, 0.29) is 16.9 Å². The minimum atomic E-state index is -0.943. The van der Waals surface area contributed by atoms with Crippen LogP contribution in [0.25, 0.3) is 11.0 Å². The lowest BCUT2D eigenvalue weighted by Gasteiger charge is -2.12. The molecule has 0 amide bonds. The fourth-order valence-corrected chi connectivity index (χ4v) is 2.81. The van der Waals surface area contributed by atoms with Crippen LogP contribution in [-0.4, -0.2) is 18.5 Å². The predicted octanol–water partition coefficient (Wildman–Crippen LogP) is 4.67. The van der Waals surface area contributed by atoms with Crippen molar-refractivity contribution < 1.29 is 28.2 Å². The van der Waals surface area contributed by atoms with E-state index >= 15 is 0 Å². The predicted molar refractivity (Wildman–Crippen MR) is 115 cm³/mol. The highest BCUT2D eigenvalue weighted by Crippen LogP contribution is 2.35. The summed E-state index contributed by atoms with van der Waals surface area (Å²) in [4.78, 5) is 36.5. The molecule has 31 heavy (non-hydrogen) atoms. The van der Waals surface area contributed by atoms with Gasteiger partial charge in [-0.15, -0.1) is 0 Å². The molecular formula is C24H22O7. The lowest BCUT2D eigenvalue weighted by atomic mass is 10.2. The molecule has 0 N–H and O–H groups in total. The minimum absolute atomic E-state index is 0.137. The fraction of sp³-hybridized carbons (Fsp3) is 0.208. The molecule has 0 atom stereocenters. The molecule has 7 nitrogen and oxygen atoms in total. The van der Waals surface area contributed by atoms with E-state index in [9.17, 15) is 14.4 Å². The van der Waals surface area contributed by atoms with Crippen molar-refractivity contribution in [1.82, 2.24) is 0 Å².